The van der Waals surface area contributed by atoms with E-state index in [0.717, 1.165) is 63.1 Å². The summed E-state index contributed by atoms with van der Waals surface area (Å²) in [5, 5.41) is 3.36. The van der Waals surface area contributed by atoms with E-state index in [1.165, 1.54) is 5.56 Å². The lowest BCUT2D eigenvalue weighted by Gasteiger charge is -2.22. The number of guanidine groups is 1. The van der Waals surface area contributed by atoms with E-state index >= 15 is 0 Å². The van der Waals surface area contributed by atoms with Gasteiger partial charge in [0, 0.05) is 39.9 Å². The van der Waals surface area contributed by atoms with Crippen molar-refractivity contribution in [2.24, 2.45) is 10.9 Å². The quantitative estimate of drug-likeness (QED) is 0.343. The third kappa shape index (κ3) is 9.00. The fourth-order valence-electron chi connectivity index (χ4n) is 2.58. The van der Waals surface area contributed by atoms with E-state index in [9.17, 15) is 0 Å². The predicted molar refractivity (Wildman–Crippen MR) is 112 cm³/mol. The van der Waals surface area contributed by atoms with Crippen LogP contribution in [0.5, 0.6) is 11.5 Å². The molecule has 0 amide bonds. The molecule has 0 atom stereocenters. The van der Waals surface area contributed by atoms with E-state index in [-0.39, 0.29) is 0 Å². The molecule has 0 spiro atoms. The van der Waals surface area contributed by atoms with Gasteiger partial charge in [0.05, 0.1) is 14.2 Å². The van der Waals surface area contributed by atoms with Crippen molar-refractivity contribution in [3.63, 3.8) is 0 Å². The summed E-state index contributed by atoms with van der Waals surface area (Å²) in [7, 11) is 5.38. The Kier molecular flexibility index (Phi) is 11.3. The van der Waals surface area contributed by atoms with E-state index in [4.69, 9.17) is 19.2 Å². The molecule has 0 aromatic heterocycles. The third-order valence-electron chi connectivity index (χ3n) is 4.04. The Morgan fingerprint density at radius 2 is 1.93 bits per heavy atom. The number of nitrogens with one attached hydrogen (secondary N) is 1. The zero-order valence-electron chi connectivity index (χ0n) is 17.9. The summed E-state index contributed by atoms with van der Waals surface area (Å²) in [4.78, 5) is 6.87. The summed E-state index contributed by atoms with van der Waals surface area (Å²) in [6.45, 7) is 10.5. The number of likely N-dealkylation sites (N-methyl/N-ethyl adjacent to an activating group) is 1. The van der Waals surface area contributed by atoms with Gasteiger partial charge >= 0.3 is 0 Å². The highest BCUT2D eigenvalue weighted by Crippen LogP contribution is 2.27. The van der Waals surface area contributed by atoms with Crippen LogP contribution >= 0.6 is 0 Å². The van der Waals surface area contributed by atoms with Crippen LogP contribution in [0, 0.1) is 5.92 Å². The van der Waals surface area contributed by atoms with Gasteiger partial charge in [0.1, 0.15) is 0 Å². The highest BCUT2D eigenvalue weighted by Gasteiger charge is 2.08. The van der Waals surface area contributed by atoms with Crippen molar-refractivity contribution in [2.75, 3.05) is 54.1 Å². The van der Waals surface area contributed by atoms with Crippen molar-refractivity contribution < 1.29 is 14.2 Å². The predicted octanol–water partition coefficient (Wildman–Crippen LogP) is 3.21. The fourth-order valence-corrected chi connectivity index (χ4v) is 2.58. The Hall–Kier alpha value is -1.95. The highest BCUT2D eigenvalue weighted by atomic mass is 16.5. The second-order valence-electron chi connectivity index (χ2n) is 6.92. The van der Waals surface area contributed by atoms with E-state index in [0.29, 0.717) is 5.92 Å². The molecule has 0 fully saturated rings. The van der Waals surface area contributed by atoms with Crippen molar-refractivity contribution in [3.05, 3.63) is 23.8 Å². The first-order chi connectivity index (χ1) is 13.0. The summed E-state index contributed by atoms with van der Waals surface area (Å²) in [5.41, 5.74) is 1.21. The molecule has 6 heteroatoms. The average Bonchev–Trinajstić information content (AvgIpc) is 2.67. The van der Waals surface area contributed by atoms with Gasteiger partial charge in [-0.3, -0.25) is 4.99 Å². The lowest BCUT2D eigenvalue weighted by molar-refractivity contribution is 0.109. The molecule has 0 saturated carbocycles. The molecule has 0 saturated heterocycles. The van der Waals surface area contributed by atoms with Crippen LogP contribution in [0.1, 0.15) is 32.8 Å². The normalized spacial score (nSPS) is 11.6. The fraction of sp³-hybridized carbons (Fsp3) is 0.667. The van der Waals surface area contributed by atoms with Crippen molar-refractivity contribution in [1.82, 2.24) is 10.2 Å². The van der Waals surface area contributed by atoms with Crippen LogP contribution in [0.25, 0.3) is 0 Å². The van der Waals surface area contributed by atoms with Gasteiger partial charge in [0.2, 0.25) is 0 Å². The number of nitrogens with zero attached hydrogens (tertiary/aromatic N) is 2. The zero-order chi connectivity index (χ0) is 20.1. The maximum atomic E-state index is 5.62. The molecule has 1 rings (SSSR count). The Bertz CT molecular complexity index is 562. The molecule has 0 unspecified atom stereocenters. The van der Waals surface area contributed by atoms with Gasteiger partial charge in [-0.2, -0.15) is 0 Å². The standard InChI is InChI=1S/C21H37N3O3/c1-7-22-21(23-12-8-14-27-16-17(2)3)24(4)13-11-18-9-10-19(25-5)20(15-18)26-6/h9-10,15,17H,7-8,11-14,16H2,1-6H3,(H,22,23). The number of hydrogen-bond acceptors (Lipinski definition) is 4. The SMILES string of the molecule is CCNC(=NCCCOCC(C)C)N(C)CCc1ccc(OC)c(OC)c1. The molecule has 0 aliphatic heterocycles. The topological polar surface area (TPSA) is 55.3 Å². The van der Waals surface area contributed by atoms with Crippen LogP contribution in [-0.2, 0) is 11.2 Å². The maximum Gasteiger partial charge on any atom is 0.193 e. The molecular weight excluding hydrogens is 342 g/mol. The van der Waals surface area contributed by atoms with Crippen LogP contribution in [0.15, 0.2) is 23.2 Å². The molecule has 1 aromatic carbocycles. The first-order valence-electron chi connectivity index (χ1n) is 9.79. The number of ether oxygens (including phenoxy) is 3. The molecule has 1 aromatic rings. The Balaban J connectivity index is 2.52. The third-order valence-corrected chi connectivity index (χ3v) is 4.04. The zero-order valence-corrected chi connectivity index (χ0v) is 17.9. The molecule has 1 N–H and O–H groups in total. The number of hydrogen-bond donors (Lipinski definition) is 1. The molecule has 154 valence electrons. The number of aliphatic imine (C=N–C) groups is 1. The van der Waals surface area contributed by atoms with Crippen molar-refractivity contribution in [2.45, 2.75) is 33.6 Å². The van der Waals surface area contributed by atoms with Gasteiger partial charge in [-0.05, 0) is 43.4 Å². The summed E-state index contributed by atoms with van der Waals surface area (Å²) in [5.74, 6) is 3.03. The minimum atomic E-state index is 0.577. The van der Waals surface area contributed by atoms with Gasteiger partial charge in [-0.1, -0.05) is 19.9 Å². The average molecular weight is 380 g/mol. The summed E-state index contributed by atoms with van der Waals surface area (Å²) in [6.07, 6.45) is 1.84. The Morgan fingerprint density at radius 1 is 1.19 bits per heavy atom. The first kappa shape index (κ1) is 23.1. The first-order valence-corrected chi connectivity index (χ1v) is 9.79. The van der Waals surface area contributed by atoms with E-state index in [2.05, 4.69) is 44.1 Å². The van der Waals surface area contributed by atoms with E-state index in [1.807, 2.05) is 12.1 Å². The monoisotopic (exact) mass is 379 g/mol. The van der Waals surface area contributed by atoms with Gasteiger partial charge in [-0.25, -0.2) is 0 Å². The molecular formula is C21H37N3O3. The number of methoxy groups -OCH3 is 2. The van der Waals surface area contributed by atoms with Crippen LogP contribution < -0.4 is 14.8 Å². The van der Waals surface area contributed by atoms with Crippen molar-refractivity contribution in [1.29, 1.82) is 0 Å². The summed E-state index contributed by atoms with van der Waals surface area (Å²) in [6, 6.07) is 6.05. The Labute approximate surface area is 164 Å². The van der Waals surface area contributed by atoms with Crippen LogP contribution in [-0.4, -0.2) is 65.0 Å². The smallest absolute Gasteiger partial charge is 0.193 e. The molecule has 0 aliphatic rings. The summed E-state index contributed by atoms with van der Waals surface area (Å²) < 4.78 is 16.3. The molecule has 0 bridgehead atoms. The molecule has 27 heavy (non-hydrogen) atoms. The van der Waals surface area contributed by atoms with Crippen molar-refractivity contribution >= 4 is 5.96 Å². The van der Waals surface area contributed by atoms with Gasteiger partial charge in [-0.15, -0.1) is 0 Å². The maximum absolute atomic E-state index is 5.62. The van der Waals surface area contributed by atoms with E-state index in [1.54, 1.807) is 14.2 Å². The second-order valence-corrected chi connectivity index (χ2v) is 6.92. The van der Waals surface area contributed by atoms with Gasteiger partial charge < -0.3 is 24.4 Å². The van der Waals surface area contributed by atoms with Gasteiger partial charge in [0.25, 0.3) is 0 Å². The lowest BCUT2D eigenvalue weighted by Crippen LogP contribution is -2.40. The Morgan fingerprint density at radius 3 is 2.56 bits per heavy atom. The molecule has 6 nitrogen and oxygen atoms in total. The number of rotatable bonds is 12. The minimum Gasteiger partial charge on any atom is -0.493 e. The summed E-state index contributed by atoms with van der Waals surface area (Å²) >= 11 is 0. The number of benzene rings is 1. The van der Waals surface area contributed by atoms with Crippen LogP contribution in [0.4, 0.5) is 0 Å². The molecule has 0 aliphatic carbocycles. The molecule has 0 radical (unpaired) electrons. The second kappa shape index (κ2) is 13.3. The van der Waals surface area contributed by atoms with E-state index < -0.39 is 0 Å². The lowest BCUT2D eigenvalue weighted by atomic mass is 10.1. The van der Waals surface area contributed by atoms with Crippen LogP contribution in [0.3, 0.4) is 0 Å². The largest absolute Gasteiger partial charge is 0.493 e. The van der Waals surface area contributed by atoms with Crippen LogP contribution in [0.2, 0.25) is 0 Å². The van der Waals surface area contributed by atoms with Crippen molar-refractivity contribution in [3.8, 4) is 11.5 Å². The van der Waals surface area contributed by atoms with Gasteiger partial charge in [0.15, 0.2) is 17.5 Å². The highest BCUT2D eigenvalue weighted by molar-refractivity contribution is 5.79. The molecule has 0 heterocycles. The minimum absolute atomic E-state index is 0.577.